The molecule has 5 heteroatoms. The summed E-state index contributed by atoms with van der Waals surface area (Å²) in [5, 5.41) is 2.81. The Balaban J connectivity index is 1.93. The van der Waals surface area contributed by atoms with Gasteiger partial charge in [-0.3, -0.25) is 9.59 Å². The van der Waals surface area contributed by atoms with Gasteiger partial charge in [0.15, 0.2) is 0 Å². The number of hydrogen-bond donors (Lipinski definition) is 1. The quantitative estimate of drug-likeness (QED) is 0.807. The second-order valence-electron chi connectivity index (χ2n) is 5.92. The van der Waals surface area contributed by atoms with Crippen molar-refractivity contribution in [3.8, 4) is 0 Å². The third-order valence-corrected chi connectivity index (χ3v) is 3.85. The summed E-state index contributed by atoms with van der Waals surface area (Å²) in [6.07, 6.45) is 2.70. The van der Waals surface area contributed by atoms with Crippen LogP contribution in [0.5, 0.6) is 0 Å². The molecule has 1 saturated heterocycles. The Kier molecular flexibility index (Phi) is 4.45. The minimum absolute atomic E-state index is 0.0369. The molecule has 0 aromatic heterocycles. The first-order valence-corrected chi connectivity index (χ1v) is 7.22. The highest BCUT2D eigenvalue weighted by Gasteiger charge is 2.42. The summed E-state index contributed by atoms with van der Waals surface area (Å²) in [7, 11) is 0. The van der Waals surface area contributed by atoms with Crippen LogP contribution in [-0.4, -0.2) is 48.1 Å². The molecule has 0 aromatic carbocycles. The molecule has 1 aliphatic carbocycles. The van der Waals surface area contributed by atoms with Gasteiger partial charge in [-0.2, -0.15) is 0 Å². The van der Waals surface area contributed by atoms with Crippen LogP contribution in [0.4, 0.5) is 0 Å². The van der Waals surface area contributed by atoms with E-state index in [2.05, 4.69) is 19.2 Å². The molecule has 0 aromatic rings. The third kappa shape index (κ3) is 3.26. The van der Waals surface area contributed by atoms with Crippen molar-refractivity contribution in [1.29, 1.82) is 0 Å². The molecule has 1 N–H and O–H groups in total. The molecule has 19 heavy (non-hydrogen) atoms. The van der Waals surface area contributed by atoms with Gasteiger partial charge in [-0.1, -0.05) is 13.8 Å². The van der Waals surface area contributed by atoms with Crippen LogP contribution in [0.1, 0.15) is 40.0 Å². The molecule has 108 valence electrons. The number of carbonyl (C=O) groups excluding carboxylic acids is 2. The van der Waals surface area contributed by atoms with Crippen molar-refractivity contribution >= 4 is 11.8 Å². The molecule has 1 heterocycles. The van der Waals surface area contributed by atoms with E-state index in [9.17, 15) is 9.59 Å². The standard InChI is InChI=1S/C14H24N2O3/c1-4-19-11-6-10(7-11)16-8-13(17)15-12(14(16)18)5-9(2)3/h9-12H,4-8H2,1-3H3,(H,15,17). The Morgan fingerprint density at radius 3 is 2.63 bits per heavy atom. The van der Waals surface area contributed by atoms with Gasteiger partial charge in [0.2, 0.25) is 11.8 Å². The SMILES string of the molecule is CCOC1CC(N2CC(=O)NC(CC(C)C)C2=O)C1. The second kappa shape index (κ2) is 5.90. The van der Waals surface area contributed by atoms with Crippen molar-refractivity contribution in [2.24, 2.45) is 5.92 Å². The Morgan fingerprint density at radius 1 is 1.37 bits per heavy atom. The number of nitrogens with one attached hydrogen (secondary N) is 1. The van der Waals surface area contributed by atoms with Gasteiger partial charge in [-0.15, -0.1) is 0 Å². The first kappa shape index (κ1) is 14.3. The lowest BCUT2D eigenvalue weighted by Gasteiger charge is -2.45. The normalized spacial score (nSPS) is 31.4. The monoisotopic (exact) mass is 268 g/mol. The molecule has 1 aliphatic heterocycles. The molecule has 1 unspecified atom stereocenters. The molecule has 2 fully saturated rings. The van der Waals surface area contributed by atoms with E-state index in [0.717, 1.165) is 12.8 Å². The molecule has 0 bridgehead atoms. The smallest absolute Gasteiger partial charge is 0.245 e. The Hall–Kier alpha value is -1.10. The summed E-state index contributed by atoms with van der Waals surface area (Å²) < 4.78 is 5.51. The number of rotatable bonds is 5. The van der Waals surface area contributed by atoms with Crippen LogP contribution in [0.3, 0.4) is 0 Å². The molecule has 0 spiro atoms. The Morgan fingerprint density at radius 2 is 2.05 bits per heavy atom. The first-order chi connectivity index (χ1) is 9.01. The summed E-state index contributed by atoms with van der Waals surface area (Å²) in [6.45, 7) is 7.02. The maximum Gasteiger partial charge on any atom is 0.245 e. The number of nitrogens with zero attached hydrogens (tertiary/aromatic N) is 1. The number of hydrogen-bond acceptors (Lipinski definition) is 3. The van der Waals surface area contributed by atoms with Crippen LogP contribution in [-0.2, 0) is 14.3 Å². The maximum atomic E-state index is 12.4. The van der Waals surface area contributed by atoms with Crippen LogP contribution in [0.2, 0.25) is 0 Å². The van der Waals surface area contributed by atoms with E-state index in [4.69, 9.17) is 4.74 Å². The number of ether oxygens (including phenoxy) is 1. The average Bonchev–Trinajstić information content (AvgIpc) is 2.27. The predicted molar refractivity (Wildman–Crippen MR) is 71.5 cm³/mol. The van der Waals surface area contributed by atoms with Crippen molar-refractivity contribution in [2.75, 3.05) is 13.2 Å². The fourth-order valence-electron chi connectivity index (χ4n) is 2.84. The van der Waals surface area contributed by atoms with Gasteiger partial charge in [-0.05, 0) is 32.1 Å². The van der Waals surface area contributed by atoms with E-state index in [1.165, 1.54) is 0 Å². The second-order valence-corrected chi connectivity index (χ2v) is 5.92. The molecule has 0 radical (unpaired) electrons. The van der Waals surface area contributed by atoms with Gasteiger partial charge < -0.3 is 15.0 Å². The van der Waals surface area contributed by atoms with Crippen molar-refractivity contribution in [3.05, 3.63) is 0 Å². The largest absolute Gasteiger partial charge is 0.378 e. The van der Waals surface area contributed by atoms with Crippen molar-refractivity contribution < 1.29 is 14.3 Å². The van der Waals surface area contributed by atoms with E-state index in [0.29, 0.717) is 18.9 Å². The molecule has 2 amide bonds. The lowest BCUT2D eigenvalue weighted by Crippen LogP contribution is -2.63. The van der Waals surface area contributed by atoms with Crippen molar-refractivity contribution in [2.45, 2.75) is 58.2 Å². The zero-order valence-electron chi connectivity index (χ0n) is 12.0. The molecular formula is C14H24N2O3. The van der Waals surface area contributed by atoms with Gasteiger partial charge in [0.25, 0.3) is 0 Å². The number of amides is 2. The van der Waals surface area contributed by atoms with Crippen LogP contribution in [0, 0.1) is 5.92 Å². The Labute approximate surface area is 114 Å². The van der Waals surface area contributed by atoms with E-state index in [-0.39, 0.29) is 36.5 Å². The van der Waals surface area contributed by atoms with Crippen LogP contribution < -0.4 is 5.32 Å². The molecule has 1 saturated carbocycles. The summed E-state index contributed by atoms with van der Waals surface area (Å²) in [5.74, 6) is 0.435. The van der Waals surface area contributed by atoms with Crippen LogP contribution >= 0.6 is 0 Å². The summed E-state index contributed by atoms with van der Waals surface area (Å²) in [4.78, 5) is 25.9. The third-order valence-electron chi connectivity index (χ3n) is 3.85. The van der Waals surface area contributed by atoms with E-state index in [1.54, 1.807) is 4.90 Å². The molecule has 5 nitrogen and oxygen atoms in total. The topological polar surface area (TPSA) is 58.6 Å². The van der Waals surface area contributed by atoms with Crippen LogP contribution in [0.15, 0.2) is 0 Å². The number of carbonyl (C=O) groups is 2. The maximum absolute atomic E-state index is 12.4. The predicted octanol–water partition coefficient (Wildman–Crippen LogP) is 0.927. The van der Waals surface area contributed by atoms with Gasteiger partial charge >= 0.3 is 0 Å². The van der Waals surface area contributed by atoms with E-state index < -0.39 is 0 Å². The minimum Gasteiger partial charge on any atom is -0.378 e. The van der Waals surface area contributed by atoms with Crippen LogP contribution in [0.25, 0.3) is 0 Å². The lowest BCUT2D eigenvalue weighted by molar-refractivity contribution is -0.152. The molecule has 2 aliphatic rings. The highest BCUT2D eigenvalue weighted by molar-refractivity contribution is 5.95. The fraction of sp³-hybridized carbons (Fsp3) is 0.857. The van der Waals surface area contributed by atoms with Gasteiger partial charge in [0, 0.05) is 12.6 Å². The fourth-order valence-corrected chi connectivity index (χ4v) is 2.84. The van der Waals surface area contributed by atoms with Gasteiger partial charge in [0.1, 0.15) is 6.04 Å². The van der Waals surface area contributed by atoms with E-state index >= 15 is 0 Å². The first-order valence-electron chi connectivity index (χ1n) is 7.22. The van der Waals surface area contributed by atoms with E-state index in [1.807, 2.05) is 6.92 Å². The zero-order chi connectivity index (χ0) is 14.0. The summed E-state index contributed by atoms with van der Waals surface area (Å²) >= 11 is 0. The average molecular weight is 268 g/mol. The van der Waals surface area contributed by atoms with Crippen molar-refractivity contribution in [1.82, 2.24) is 10.2 Å². The molecule has 1 atom stereocenters. The minimum atomic E-state index is -0.340. The number of piperazine rings is 1. The lowest BCUT2D eigenvalue weighted by atomic mass is 9.86. The van der Waals surface area contributed by atoms with Gasteiger partial charge in [0.05, 0.1) is 12.6 Å². The van der Waals surface area contributed by atoms with Crippen molar-refractivity contribution in [3.63, 3.8) is 0 Å². The van der Waals surface area contributed by atoms with Gasteiger partial charge in [-0.25, -0.2) is 0 Å². The summed E-state index contributed by atoms with van der Waals surface area (Å²) in [5.41, 5.74) is 0. The zero-order valence-corrected chi connectivity index (χ0v) is 12.0. The summed E-state index contributed by atoms with van der Waals surface area (Å²) in [6, 6.07) is -0.155. The highest BCUT2D eigenvalue weighted by atomic mass is 16.5. The molecular weight excluding hydrogens is 244 g/mol. The Bertz CT molecular complexity index is 351. The highest BCUT2D eigenvalue weighted by Crippen LogP contribution is 2.30. The molecule has 2 rings (SSSR count).